The molecule has 2 N–H and O–H groups in total. The van der Waals surface area contributed by atoms with E-state index in [0.717, 1.165) is 0 Å². The molecule has 1 aromatic heterocycles. The Morgan fingerprint density at radius 2 is 1.96 bits per heavy atom. The number of carbonyl (C=O) groups is 1. The fraction of sp³-hybridized carbons (Fsp3) is 0.353. The maximum Gasteiger partial charge on any atom is 0.284 e. The van der Waals surface area contributed by atoms with E-state index in [2.05, 4.69) is 10.6 Å². The maximum atomic E-state index is 13.0. The lowest BCUT2D eigenvalue weighted by Crippen LogP contribution is -2.27. The first kappa shape index (κ1) is 19.4. The third-order valence-electron chi connectivity index (χ3n) is 3.27. The minimum absolute atomic E-state index is 0.143. The van der Waals surface area contributed by atoms with Crippen LogP contribution in [0.15, 0.2) is 40.8 Å². The van der Waals surface area contributed by atoms with Gasteiger partial charge >= 0.3 is 0 Å². The van der Waals surface area contributed by atoms with Gasteiger partial charge in [0.1, 0.15) is 17.3 Å². The summed E-state index contributed by atoms with van der Waals surface area (Å²) >= 11 is 0.523. The lowest BCUT2D eigenvalue weighted by Gasteiger charge is -2.06. The molecular weight excluding hydrogens is 353 g/mol. The van der Waals surface area contributed by atoms with Gasteiger partial charge in [0.15, 0.2) is 0 Å². The Labute approximate surface area is 148 Å². The van der Waals surface area contributed by atoms with Crippen molar-refractivity contribution in [3.8, 4) is 0 Å². The number of thioether (sulfide) groups is 1. The van der Waals surface area contributed by atoms with Crippen molar-refractivity contribution >= 4 is 17.7 Å². The van der Waals surface area contributed by atoms with E-state index in [1.807, 2.05) is 0 Å². The summed E-state index contributed by atoms with van der Waals surface area (Å²) in [5.41, 5.74) is 0.290. The van der Waals surface area contributed by atoms with Crippen molar-refractivity contribution in [1.82, 2.24) is 10.6 Å². The van der Waals surface area contributed by atoms with Crippen LogP contribution in [0.5, 0.6) is 0 Å². The monoisotopic (exact) mass is 372 g/mol. The van der Waals surface area contributed by atoms with Crippen LogP contribution in [0, 0.1) is 5.82 Å². The van der Waals surface area contributed by atoms with Crippen molar-refractivity contribution in [3.63, 3.8) is 0 Å². The molecule has 136 valence electrons. The molecule has 0 atom stereocenters. The number of amides is 1. The molecule has 1 aromatic carbocycles. The number of rotatable bonds is 10. The largest absolute Gasteiger partial charge is 0.464 e. The van der Waals surface area contributed by atoms with Gasteiger partial charge in [-0.25, -0.2) is 4.39 Å². The second-order valence-electron chi connectivity index (χ2n) is 5.24. The van der Waals surface area contributed by atoms with Crippen molar-refractivity contribution in [2.24, 2.45) is 0 Å². The van der Waals surface area contributed by atoms with Crippen molar-refractivity contribution in [3.05, 3.63) is 59.3 Å². The van der Waals surface area contributed by atoms with Crippen molar-refractivity contribution < 1.29 is 22.4 Å². The first-order valence-corrected chi connectivity index (χ1v) is 8.81. The molecular formula is C17H19F3N2O2S. The zero-order valence-corrected chi connectivity index (χ0v) is 14.3. The van der Waals surface area contributed by atoms with Crippen molar-refractivity contribution in [2.75, 3.05) is 13.1 Å². The van der Waals surface area contributed by atoms with Gasteiger partial charge < -0.3 is 15.1 Å². The summed E-state index contributed by atoms with van der Waals surface area (Å²) in [7, 11) is 0. The predicted molar refractivity (Wildman–Crippen MR) is 91.1 cm³/mol. The normalized spacial score (nSPS) is 11.0. The van der Waals surface area contributed by atoms with Crippen LogP contribution >= 0.6 is 11.8 Å². The van der Waals surface area contributed by atoms with Gasteiger partial charge in [-0.2, -0.15) is 8.78 Å². The average Bonchev–Trinajstić information content (AvgIpc) is 3.03. The van der Waals surface area contributed by atoms with E-state index in [4.69, 9.17) is 4.42 Å². The van der Waals surface area contributed by atoms with E-state index >= 15 is 0 Å². The average molecular weight is 372 g/mol. The van der Waals surface area contributed by atoms with Gasteiger partial charge in [-0.15, -0.1) is 0 Å². The first-order chi connectivity index (χ1) is 12.0. The first-order valence-electron chi connectivity index (χ1n) is 7.76. The lowest BCUT2D eigenvalue weighted by atomic mass is 10.2. The zero-order valence-electron chi connectivity index (χ0n) is 13.4. The van der Waals surface area contributed by atoms with Crippen LogP contribution in [0.4, 0.5) is 13.2 Å². The number of nitrogens with one attached hydrogen (secondary N) is 2. The molecule has 0 unspecified atom stereocenters. The molecule has 0 aliphatic carbocycles. The SMILES string of the molecule is O=C(NCCCNCc1ccc(CSC(F)F)o1)c1cccc(F)c1. The topological polar surface area (TPSA) is 54.3 Å². The fourth-order valence-electron chi connectivity index (χ4n) is 2.10. The molecule has 0 aliphatic rings. The molecule has 2 aromatic rings. The number of alkyl halides is 2. The number of halogens is 3. The minimum Gasteiger partial charge on any atom is -0.464 e. The fourth-order valence-corrected chi connectivity index (χ4v) is 2.54. The molecule has 4 nitrogen and oxygen atoms in total. The Morgan fingerprint density at radius 3 is 2.72 bits per heavy atom. The number of hydrogen-bond donors (Lipinski definition) is 2. The molecule has 2 rings (SSSR count). The zero-order chi connectivity index (χ0) is 18.1. The van der Waals surface area contributed by atoms with Gasteiger partial charge in [-0.3, -0.25) is 4.79 Å². The van der Waals surface area contributed by atoms with Crippen molar-refractivity contribution in [1.29, 1.82) is 0 Å². The summed E-state index contributed by atoms with van der Waals surface area (Å²) in [4.78, 5) is 11.8. The Balaban J connectivity index is 1.58. The smallest absolute Gasteiger partial charge is 0.284 e. The quantitative estimate of drug-likeness (QED) is 0.623. The third-order valence-corrected chi connectivity index (χ3v) is 3.97. The van der Waals surface area contributed by atoms with Crippen LogP contribution < -0.4 is 10.6 Å². The molecule has 0 radical (unpaired) electrons. The van der Waals surface area contributed by atoms with Gasteiger partial charge in [0.25, 0.3) is 11.7 Å². The molecule has 1 amide bonds. The Hall–Kier alpha value is -1.93. The molecule has 0 saturated carbocycles. The van der Waals surface area contributed by atoms with Gasteiger partial charge in [-0.05, 0) is 43.3 Å². The van der Waals surface area contributed by atoms with E-state index in [1.54, 1.807) is 18.2 Å². The predicted octanol–water partition coefficient (Wildman–Crippen LogP) is 3.78. The number of hydrogen-bond acceptors (Lipinski definition) is 4. The van der Waals surface area contributed by atoms with Crippen LogP contribution in [0.25, 0.3) is 0 Å². The summed E-state index contributed by atoms with van der Waals surface area (Å²) in [5, 5.41) is 5.86. The standard InChI is InChI=1S/C17H19F3N2O2S/c18-13-4-1-3-12(9-13)16(23)22-8-2-7-21-10-14-5-6-15(24-14)11-25-17(19)20/h1,3-6,9,17,21H,2,7-8,10-11H2,(H,22,23). The molecule has 8 heteroatoms. The minimum atomic E-state index is -2.41. The van der Waals surface area contributed by atoms with E-state index in [1.165, 1.54) is 18.2 Å². The number of benzene rings is 1. The lowest BCUT2D eigenvalue weighted by molar-refractivity contribution is 0.0952. The highest BCUT2D eigenvalue weighted by Crippen LogP contribution is 2.21. The van der Waals surface area contributed by atoms with Gasteiger partial charge in [0.05, 0.1) is 12.3 Å². The van der Waals surface area contributed by atoms with Gasteiger partial charge in [-0.1, -0.05) is 17.8 Å². The van der Waals surface area contributed by atoms with Gasteiger partial charge in [0, 0.05) is 12.1 Å². The summed E-state index contributed by atoms with van der Waals surface area (Å²) in [5.74, 6) is -1.83. The number of carbonyl (C=O) groups excluding carboxylic acids is 1. The summed E-state index contributed by atoms with van der Waals surface area (Å²) < 4.78 is 42.6. The third kappa shape index (κ3) is 7.23. The molecule has 0 spiro atoms. The second-order valence-corrected chi connectivity index (χ2v) is 6.21. The summed E-state index contributed by atoms with van der Waals surface area (Å²) in [6.07, 6.45) is 0.690. The number of furan rings is 1. The second kappa shape index (κ2) is 10.1. The molecule has 0 saturated heterocycles. The molecule has 25 heavy (non-hydrogen) atoms. The maximum absolute atomic E-state index is 13.0. The van der Waals surface area contributed by atoms with E-state index < -0.39 is 11.6 Å². The van der Waals surface area contributed by atoms with Crippen molar-refractivity contribution in [2.45, 2.75) is 24.5 Å². The molecule has 1 heterocycles. The van der Waals surface area contributed by atoms with Crippen LogP contribution in [-0.2, 0) is 12.3 Å². The summed E-state index contributed by atoms with van der Waals surface area (Å²) in [6.45, 7) is 1.58. The Kier molecular flexibility index (Phi) is 7.87. The van der Waals surface area contributed by atoms with Crippen LogP contribution in [0.1, 0.15) is 28.3 Å². The van der Waals surface area contributed by atoms with Gasteiger partial charge in [0.2, 0.25) is 0 Å². The highest BCUT2D eigenvalue weighted by Gasteiger charge is 2.07. The Bertz CT molecular complexity index is 679. The molecule has 0 aliphatic heterocycles. The van der Waals surface area contributed by atoms with E-state index in [-0.39, 0.29) is 17.2 Å². The molecule has 0 fully saturated rings. The highest BCUT2D eigenvalue weighted by atomic mass is 32.2. The van der Waals surface area contributed by atoms with E-state index in [9.17, 15) is 18.0 Å². The van der Waals surface area contributed by atoms with Crippen LogP contribution in [0.2, 0.25) is 0 Å². The van der Waals surface area contributed by atoms with Crippen LogP contribution in [-0.4, -0.2) is 24.8 Å². The Morgan fingerprint density at radius 1 is 1.16 bits per heavy atom. The van der Waals surface area contributed by atoms with E-state index in [0.29, 0.717) is 49.3 Å². The highest BCUT2D eigenvalue weighted by molar-refractivity contribution is 7.98. The molecule has 0 bridgehead atoms. The summed E-state index contributed by atoms with van der Waals surface area (Å²) in [6, 6.07) is 8.95. The van der Waals surface area contributed by atoms with Crippen LogP contribution in [0.3, 0.4) is 0 Å².